The zero-order valence-corrected chi connectivity index (χ0v) is 19.1. The van der Waals surface area contributed by atoms with Gasteiger partial charge in [-0.25, -0.2) is 0 Å². The number of hydrogen-bond donors (Lipinski definition) is 2. The fourth-order valence-corrected chi connectivity index (χ4v) is 3.55. The fraction of sp³-hybridized carbons (Fsp3) is 0.304. The number of benzene rings is 2. The minimum absolute atomic E-state index is 0.0482. The third kappa shape index (κ3) is 6.01. The van der Waals surface area contributed by atoms with Crippen LogP contribution in [0.3, 0.4) is 0 Å². The van der Waals surface area contributed by atoms with Crippen molar-refractivity contribution in [3.63, 3.8) is 0 Å². The lowest BCUT2D eigenvalue weighted by molar-refractivity contribution is -0.157. The molecule has 1 heterocycles. The molecule has 2 atom stereocenters. The Morgan fingerprint density at radius 1 is 1.09 bits per heavy atom. The van der Waals surface area contributed by atoms with E-state index in [2.05, 4.69) is 10.6 Å². The van der Waals surface area contributed by atoms with Crippen LogP contribution in [0.25, 0.3) is 0 Å². The summed E-state index contributed by atoms with van der Waals surface area (Å²) in [5.41, 5.74) is 1.54. The highest BCUT2D eigenvalue weighted by atomic mass is 35.5. The second kappa shape index (κ2) is 10.4. The van der Waals surface area contributed by atoms with Gasteiger partial charge in [-0.15, -0.1) is 0 Å². The summed E-state index contributed by atoms with van der Waals surface area (Å²) in [5.74, 6) is -1.91. The van der Waals surface area contributed by atoms with Crippen LogP contribution in [0.1, 0.15) is 20.3 Å². The van der Waals surface area contributed by atoms with Crippen LogP contribution < -0.4 is 20.3 Å². The van der Waals surface area contributed by atoms with E-state index in [9.17, 15) is 19.2 Å². The van der Waals surface area contributed by atoms with E-state index < -0.39 is 23.9 Å². The Morgan fingerprint density at radius 2 is 1.73 bits per heavy atom. The molecule has 1 fully saturated rings. The maximum atomic E-state index is 12.6. The van der Waals surface area contributed by atoms with E-state index in [1.807, 2.05) is 0 Å². The summed E-state index contributed by atoms with van der Waals surface area (Å²) in [6.07, 6.45) is -1.12. The molecule has 0 saturated carbocycles. The van der Waals surface area contributed by atoms with Gasteiger partial charge >= 0.3 is 5.97 Å². The Hall–Kier alpha value is -3.59. The van der Waals surface area contributed by atoms with E-state index in [0.29, 0.717) is 27.8 Å². The number of nitrogens with zero attached hydrogens (tertiary/aromatic N) is 1. The first-order valence-corrected chi connectivity index (χ1v) is 10.6. The van der Waals surface area contributed by atoms with Crippen molar-refractivity contribution >= 4 is 52.4 Å². The summed E-state index contributed by atoms with van der Waals surface area (Å²) in [7, 11) is 1.48. The van der Waals surface area contributed by atoms with Crippen molar-refractivity contribution in [3.05, 3.63) is 47.5 Å². The van der Waals surface area contributed by atoms with Crippen LogP contribution in [0.2, 0.25) is 5.02 Å². The van der Waals surface area contributed by atoms with Crippen molar-refractivity contribution in [2.24, 2.45) is 5.92 Å². The Labute approximate surface area is 196 Å². The number of carbonyl (C=O) groups excluding carboxylic acids is 4. The Bertz CT molecular complexity index is 1070. The second-order valence-corrected chi connectivity index (χ2v) is 7.98. The van der Waals surface area contributed by atoms with Gasteiger partial charge in [-0.05, 0) is 49.4 Å². The monoisotopic (exact) mass is 473 g/mol. The number of ether oxygens (including phenoxy) is 2. The largest absolute Gasteiger partial charge is 0.495 e. The summed E-state index contributed by atoms with van der Waals surface area (Å²) in [5, 5.41) is 5.70. The van der Waals surface area contributed by atoms with Gasteiger partial charge in [-0.2, -0.15) is 0 Å². The molecule has 1 aliphatic heterocycles. The first-order chi connectivity index (χ1) is 15.7. The fourth-order valence-electron chi connectivity index (χ4n) is 3.38. The molecule has 1 saturated heterocycles. The Kier molecular flexibility index (Phi) is 7.55. The van der Waals surface area contributed by atoms with Gasteiger partial charge in [-0.3, -0.25) is 19.2 Å². The standard InChI is InChI=1S/C23H24ClN3O6/c1-13(22(30)26-18-7-5-17(6-8-18)25-14(2)28)33-23(31)15-10-21(29)27(12-15)19-11-16(24)4-9-20(19)32-3/h4-9,11,13,15H,10,12H2,1-3H3,(H,25,28)(H,26,30). The molecular weight excluding hydrogens is 450 g/mol. The maximum absolute atomic E-state index is 12.6. The highest BCUT2D eigenvalue weighted by Crippen LogP contribution is 2.35. The number of methoxy groups -OCH3 is 1. The van der Waals surface area contributed by atoms with E-state index >= 15 is 0 Å². The molecular formula is C23H24ClN3O6. The average Bonchev–Trinajstić information content (AvgIpc) is 3.16. The Balaban J connectivity index is 1.58. The van der Waals surface area contributed by atoms with Crippen LogP contribution in [0.5, 0.6) is 5.75 Å². The lowest BCUT2D eigenvalue weighted by Crippen LogP contribution is -2.33. The SMILES string of the molecule is COc1ccc(Cl)cc1N1CC(C(=O)OC(C)C(=O)Nc2ccc(NC(C)=O)cc2)CC1=O. The number of rotatable bonds is 7. The smallest absolute Gasteiger partial charge is 0.312 e. The quantitative estimate of drug-likeness (QED) is 0.597. The molecule has 0 radical (unpaired) electrons. The van der Waals surface area contributed by atoms with E-state index in [-0.39, 0.29) is 24.8 Å². The minimum atomic E-state index is -1.07. The van der Waals surface area contributed by atoms with Gasteiger partial charge < -0.3 is 25.0 Å². The highest BCUT2D eigenvalue weighted by molar-refractivity contribution is 6.31. The normalized spacial score (nSPS) is 16.2. The van der Waals surface area contributed by atoms with Crippen molar-refractivity contribution < 1.29 is 28.7 Å². The summed E-state index contributed by atoms with van der Waals surface area (Å²) in [6.45, 7) is 2.94. The van der Waals surface area contributed by atoms with Crippen molar-refractivity contribution in [2.45, 2.75) is 26.4 Å². The molecule has 1 aliphatic rings. The number of esters is 1. The molecule has 0 bridgehead atoms. The lowest BCUT2D eigenvalue weighted by Gasteiger charge is -2.20. The third-order valence-corrected chi connectivity index (χ3v) is 5.26. The van der Waals surface area contributed by atoms with Crippen LogP contribution in [0, 0.1) is 5.92 Å². The number of halogens is 1. The maximum Gasteiger partial charge on any atom is 0.312 e. The van der Waals surface area contributed by atoms with Gasteiger partial charge in [-0.1, -0.05) is 11.6 Å². The zero-order chi connectivity index (χ0) is 24.1. The zero-order valence-electron chi connectivity index (χ0n) is 18.4. The average molecular weight is 474 g/mol. The van der Waals surface area contributed by atoms with Crippen LogP contribution >= 0.6 is 11.6 Å². The molecule has 0 aliphatic carbocycles. The van der Waals surface area contributed by atoms with Gasteiger partial charge in [0, 0.05) is 36.3 Å². The molecule has 9 nitrogen and oxygen atoms in total. The molecule has 33 heavy (non-hydrogen) atoms. The molecule has 0 spiro atoms. The van der Waals surface area contributed by atoms with E-state index in [0.717, 1.165) is 0 Å². The summed E-state index contributed by atoms with van der Waals surface area (Å²) in [4.78, 5) is 50.1. The molecule has 174 valence electrons. The van der Waals surface area contributed by atoms with Crippen molar-refractivity contribution in [3.8, 4) is 5.75 Å². The minimum Gasteiger partial charge on any atom is -0.495 e. The van der Waals surface area contributed by atoms with Crippen molar-refractivity contribution in [1.29, 1.82) is 0 Å². The molecule has 2 aromatic carbocycles. The highest BCUT2D eigenvalue weighted by Gasteiger charge is 2.38. The molecule has 0 aromatic heterocycles. The van der Waals surface area contributed by atoms with E-state index in [1.54, 1.807) is 42.5 Å². The van der Waals surface area contributed by atoms with Gasteiger partial charge in [0.05, 0.1) is 18.7 Å². The number of nitrogens with one attached hydrogen (secondary N) is 2. The Morgan fingerprint density at radius 3 is 2.33 bits per heavy atom. The number of amides is 3. The van der Waals surface area contributed by atoms with Crippen LogP contribution in [0.4, 0.5) is 17.1 Å². The molecule has 3 amide bonds. The topological polar surface area (TPSA) is 114 Å². The van der Waals surface area contributed by atoms with Gasteiger partial charge in [0.1, 0.15) is 5.75 Å². The van der Waals surface area contributed by atoms with Crippen LogP contribution in [-0.4, -0.2) is 43.4 Å². The molecule has 2 unspecified atom stereocenters. The lowest BCUT2D eigenvalue weighted by atomic mass is 10.1. The van der Waals surface area contributed by atoms with Crippen LogP contribution in [-0.2, 0) is 23.9 Å². The molecule has 10 heteroatoms. The predicted octanol–water partition coefficient (Wildman–Crippen LogP) is 3.23. The molecule has 2 aromatic rings. The first kappa shape index (κ1) is 24.1. The third-order valence-electron chi connectivity index (χ3n) is 5.03. The van der Waals surface area contributed by atoms with E-state index in [1.165, 1.54) is 25.9 Å². The number of hydrogen-bond acceptors (Lipinski definition) is 6. The number of anilines is 3. The van der Waals surface area contributed by atoms with Gasteiger partial charge in [0.25, 0.3) is 5.91 Å². The van der Waals surface area contributed by atoms with Gasteiger partial charge in [0.15, 0.2) is 6.10 Å². The molecule has 3 rings (SSSR count). The molecule has 2 N–H and O–H groups in total. The van der Waals surface area contributed by atoms with E-state index in [4.69, 9.17) is 21.1 Å². The number of carbonyl (C=O) groups is 4. The van der Waals surface area contributed by atoms with Crippen LogP contribution in [0.15, 0.2) is 42.5 Å². The van der Waals surface area contributed by atoms with Crippen molar-refractivity contribution in [2.75, 3.05) is 29.2 Å². The predicted molar refractivity (Wildman–Crippen MR) is 123 cm³/mol. The summed E-state index contributed by atoms with van der Waals surface area (Å²) in [6, 6.07) is 11.4. The second-order valence-electron chi connectivity index (χ2n) is 7.55. The van der Waals surface area contributed by atoms with Gasteiger partial charge in [0.2, 0.25) is 11.8 Å². The summed E-state index contributed by atoms with van der Waals surface area (Å²) < 4.78 is 10.6. The summed E-state index contributed by atoms with van der Waals surface area (Å²) >= 11 is 6.05. The van der Waals surface area contributed by atoms with Crippen molar-refractivity contribution in [1.82, 2.24) is 0 Å². The first-order valence-electron chi connectivity index (χ1n) is 10.2.